The zero-order valence-electron chi connectivity index (χ0n) is 11.0. The molecule has 2 unspecified atom stereocenters. The summed E-state index contributed by atoms with van der Waals surface area (Å²) in [4.78, 5) is 0. The van der Waals surface area contributed by atoms with Gasteiger partial charge in [0.2, 0.25) is 0 Å². The van der Waals surface area contributed by atoms with E-state index in [0.717, 1.165) is 12.5 Å². The van der Waals surface area contributed by atoms with Crippen LogP contribution in [0.1, 0.15) is 56.6 Å². The molecule has 1 aromatic carbocycles. The van der Waals surface area contributed by atoms with Crippen molar-refractivity contribution in [2.75, 3.05) is 6.54 Å². The van der Waals surface area contributed by atoms with Gasteiger partial charge >= 0.3 is 0 Å². The average molecular weight is 229 g/mol. The van der Waals surface area contributed by atoms with Gasteiger partial charge in [0, 0.05) is 12.6 Å². The van der Waals surface area contributed by atoms with Crippen LogP contribution in [-0.4, -0.2) is 12.6 Å². The second kappa shape index (κ2) is 4.13. The van der Waals surface area contributed by atoms with Crippen LogP contribution in [0.3, 0.4) is 0 Å². The predicted octanol–water partition coefficient (Wildman–Crippen LogP) is 3.59. The third-order valence-electron chi connectivity index (χ3n) is 4.74. The van der Waals surface area contributed by atoms with Crippen LogP contribution in [0.2, 0.25) is 0 Å². The molecule has 1 heteroatoms. The maximum absolute atomic E-state index is 3.59. The smallest absolute Gasteiger partial charge is 0.00391 e. The Morgan fingerprint density at radius 2 is 1.82 bits per heavy atom. The molecule has 0 bridgehead atoms. The zero-order chi connectivity index (χ0) is 11.9. The fourth-order valence-electron chi connectivity index (χ4n) is 2.92. The number of hydrogen-bond donors (Lipinski definition) is 1. The largest absolute Gasteiger partial charge is 0.314 e. The molecule has 3 rings (SSSR count). The summed E-state index contributed by atoms with van der Waals surface area (Å²) in [5.41, 5.74) is 3.58. The Morgan fingerprint density at radius 1 is 1.12 bits per heavy atom. The van der Waals surface area contributed by atoms with E-state index >= 15 is 0 Å². The van der Waals surface area contributed by atoms with Crippen molar-refractivity contribution in [2.24, 2.45) is 0 Å². The van der Waals surface area contributed by atoms with E-state index in [1.54, 1.807) is 5.56 Å². The van der Waals surface area contributed by atoms with Crippen molar-refractivity contribution in [2.45, 2.75) is 56.9 Å². The Hall–Kier alpha value is -0.820. The van der Waals surface area contributed by atoms with E-state index in [2.05, 4.69) is 43.4 Å². The van der Waals surface area contributed by atoms with Gasteiger partial charge in [0.15, 0.2) is 0 Å². The molecule has 1 saturated heterocycles. The van der Waals surface area contributed by atoms with E-state index in [4.69, 9.17) is 0 Å². The van der Waals surface area contributed by atoms with Gasteiger partial charge in [0.1, 0.15) is 0 Å². The number of piperidine rings is 1. The van der Waals surface area contributed by atoms with Gasteiger partial charge in [-0.05, 0) is 55.1 Å². The molecule has 0 amide bonds. The fourth-order valence-corrected chi connectivity index (χ4v) is 2.92. The molecule has 92 valence electrons. The SMILES string of the molecule is CC1CCC(c2ccc(C3(C)CC3)cc2)CN1. The van der Waals surface area contributed by atoms with Gasteiger partial charge in [-0.2, -0.15) is 0 Å². The van der Waals surface area contributed by atoms with Crippen LogP contribution < -0.4 is 5.32 Å². The van der Waals surface area contributed by atoms with Crippen LogP contribution in [0.25, 0.3) is 0 Å². The van der Waals surface area contributed by atoms with E-state index < -0.39 is 0 Å². The molecule has 17 heavy (non-hydrogen) atoms. The lowest BCUT2D eigenvalue weighted by Crippen LogP contribution is -2.35. The molecule has 1 aromatic rings. The fraction of sp³-hybridized carbons (Fsp3) is 0.625. The number of nitrogens with one attached hydrogen (secondary N) is 1. The molecule has 1 heterocycles. The highest BCUT2D eigenvalue weighted by Crippen LogP contribution is 2.47. The topological polar surface area (TPSA) is 12.0 Å². The highest BCUT2D eigenvalue weighted by Gasteiger charge is 2.38. The van der Waals surface area contributed by atoms with E-state index in [9.17, 15) is 0 Å². The molecule has 0 radical (unpaired) electrons. The first kappa shape index (κ1) is 11.3. The van der Waals surface area contributed by atoms with Crippen molar-refractivity contribution < 1.29 is 0 Å². The van der Waals surface area contributed by atoms with E-state index in [1.807, 2.05) is 0 Å². The number of rotatable bonds is 2. The van der Waals surface area contributed by atoms with Crippen molar-refractivity contribution >= 4 is 0 Å². The van der Waals surface area contributed by atoms with Crippen LogP contribution in [0.4, 0.5) is 0 Å². The number of hydrogen-bond acceptors (Lipinski definition) is 1. The first-order chi connectivity index (χ1) is 8.17. The van der Waals surface area contributed by atoms with Gasteiger partial charge in [-0.1, -0.05) is 31.2 Å². The van der Waals surface area contributed by atoms with Crippen LogP contribution in [-0.2, 0) is 5.41 Å². The van der Waals surface area contributed by atoms with E-state index in [0.29, 0.717) is 11.5 Å². The normalized spacial score (nSPS) is 31.2. The summed E-state index contributed by atoms with van der Waals surface area (Å²) < 4.78 is 0. The molecular formula is C16H23N. The second-order valence-electron chi connectivity index (χ2n) is 6.27. The van der Waals surface area contributed by atoms with Crippen molar-refractivity contribution in [1.29, 1.82) is 0 Å². The van der Waals surface area contributed by atoms with Crippen molar-refractivity contribution in [3.8, 4) is 0 Å². The van der Waals surface area contributed by atoms with E-state index in [-0.39, 0.29) is 0 Å². The summed E-state index contributed by atoms with van der Waals surface area (Å²) in [5, 5.41) is 3.59. The highest BCUT2D eigenvalue weighted by atomic mass is 14.9. The standard InChI is InChI=1S/C16H23N/c1-12-3-4-14(11-17-12)13-5-7-15(8-6-13)16(2)9-10-16/h5-8,12,14,17H,3-4,9-11H2,1-2H3. The lowest BCUT2D eigenvalue weighted by molar-refractivity contribution is 0.385. The van der Waals surface area contributed by atoms with Gasteiger partial charge in [-0.25, -0.2) is 0 Å². The average Bonchev–Trinajstić information content (AvgIpc) is 3.10. The van der Waals surface area contributed by atoms with Crippen LogP contribution in [0.5, 0.6) is 0 Å². The van der Waals surface area contributed by atoms with Gasteiger partial charge in [0.25, 0.3) is 0 Å². The Balaban J connectivity index is 1.71. The maximum atomic E-state index is 3.59. The summed E-state index contributed by atoms with van der Waals surface area (Å²) >= 11 is 0. The molecular weight excluding hydrogens is 206 g/mol. The first-order valence-electron chi connectivity index (χ1n) is 7.01. The Labute approximate surface area is 105 Å². The van der Waals surface area contributed by atoms with Crippen molar-refractivity contribution in [3.05, 3.63) is 35.4 Å². The Kier molecular flexibility index (Phi) is 2.74. The lowest BCUT2D eigenvalue weighted by atomic mass is 9.87. The zero-order valence-corrected chi connectivity index (χ0v) is 11.0. The minimum Gasteiger partial charge on any atom is -0.314 e. The summed E-state index contributed by atoms with van der Waals surface area (Å²) in [6.07, 6.45) is 5.39. The van der Waals surface area contributed by atoms with Crippen LogP contribution in [0, 0.1) is 0 Å². The lowest BCUT2D eigenvalue weighted by Gasteiger charge is -2.28. The molecule has 2 fully saturated rings. The molecule has 0 spiro atoms. The third kappa shape index (κ3) is 2.26. The molecule has 1 aliphatic carbocycles. The van der Waals surface area contributed by atoms with Crippen molar-refractivity contribution in [3.63, 3.8) is 0 Å². The Bertz CT molecular complexity index is 380. The molecule has 1 N–H and O–H groups in total. The summed E-state index contributed by atoms with van der Waals surface area (Å²) in [6.45, 7) is 5.82. The minimum atomic E-state index is 0.512. The molecule has 1 nitrogen and oxygen atoms in total. The van der Waals surface area contributed by atoms with Gasteiger partial charge in [-0.3, -0.25) is 0 Å². The molecule has 1 aliphatic heterocycles. The molecule has 2 atom stereocenters. The molecule has 1 saturated carbocycles. The predicted molar refractivity (Wildman–Crippen MR) is 72.5 cm³/mol. The van der Waals surface area contributed by atoms with Gasteiger partial charge < -0.3 is 5.32 Å². The summed E-state index contributed by atoms with van der Waals surface area (Å²) in [6, 6.07) is 10.2. The van der Waals surface area contributed by atoms with Crippen LogP contribution in [0.15, 0.2) is 24.3 Å². The quantitative estimate of drug-likeness (QED) is 0.817. The van der Waals surface area contributed by atoms with Gasteiger partial charge in [-0.15, -0.1) is 0 Å². The second-order valence-corrected chi connectivity index (χ2v) is 6.27. The summed E-state index contributed by atoms with van der Waals surface area (Å²) in [7, 11) is 0. The highest BCUT2D eigenvalue weighted by molar-refractivity contribution is 5.34. The number of benzene rings is 1. The van der Waals surface area contributed by atoms with Crippen molar-refractivity contribution in [1.82, 2.24) is 5.32 Å². The monoisotopic (exact) mass is 229 g/mol. The Morgan fingerprint density at radius 3 is 2.35 bits per heavy atom. The first-order valence-corrected chi connectivity index (χ1v) is 7.01. The third-order valence-corrected chi connectivity index (χ3v) is 4.74. The maximum Gasteiger partial charge on any atom is 0.00391 e. The van der Waals surface area contributed by atoms with E-state index in [1.165, 1.54) is 31.2 Å². The summed E-state index contributed by atoms with van der Waals surface area (Å²) in [5.74, 6) is 0.729. The van der Waals surface area contributed by atoms with Crippen LogP contribution >= 0.6 is 0 Å². The molecule has 2 aliphatic rings. The minimum absolute atomic E-state index is 0.512. The molecule has 0 aromatic heterocycles. The van der Waals surface area contributed by atoms with Gasteiger partial charge in [0.05, 0.1) is 0 Å².